The zero-order chi connectivity index (χ0) is 13.5. The topological polar surface area (TPSA) is 32.3 Å². The highest BCUT2D eigenvalue weighted by Crippen LogP contribution is 2.19. The number of amides is 1. The minimum Gasteiger partial charge on any atom is -0.355 e. The highest BCUT2D eigenvalue weighted by atomic mass is 35.5. The highest BCUT2D eigenvalue weighted by Gasteiger charge is 2.07. The number of halogens is 2. The Bertz CT molecular complexity index is 390. The van der Waals surface area contributed by atoms with Crippen molar-refractivity contribution in [1.29, 1.82) is 0 Å². The zero-order valence-corrected chi connectivity index (χ0v) is 12.2. The second-order valence-corrected chi connectivity index (χ2v) is 5.17. The predicted octanol–water partition coefficient (Wildman–Crippen LogP) is 2.95. The summed E-state index contributed by atoms with van der Waals surface area (Å²) in [7, 11) is 1.89. The van der Waals surface area contributed by atoms with E-state index in [-0.39, 0.29) is 5.91 Å². The van der Waals surface area contributed by atoms with Crippen molar-refractivity contribution in [2.75, 3.05) is 20.1 Å². The second kappa shape index (κ2) is 7.62. The minimum absolute atomic E-state index is 0.0347. The summed E-state index contributed by atoms with van der Waals surface area (Å²) in [5.74, 6) is 0.0347. The molecule has 0 atom stereocenters. The summed E-state index contributed by atoms with van der Waals surface area (Å²) < 4.78 is 0. The first-order valence-corrected chi connectivity index (χ1v) is 6.67. The lowest BCUT2D eigenvalue weighted by atomic mass is 10.2. The summed E-state index contributed by atoms with van der Waals surface area (Å²) in [6, 6.07) is 5.41. The molecule has 0 aromatic heterocycles. The van der Waals surface area contributed by atoms with Crippen LogP contribution < -0.4 is 5.32 Å². The first-order valence-electron chi connectivity index (χ1n) is 5.91. The minimum atomic E-state index is 0.0347. The Kier molecular flexibility index (Phi) is 6.47. The first-order chi connectivity index (χ1) is 8.51. The fraction of sp³-hybridized carbons (Fsp3) is 0.462. The molecule has 1 rings (SSSR count). The molecule has 1 amide bonds. The van der Waals surface area contributed by atoms with Gasteiger partial charge in [0.2, 0.25) is 5.91 Å². The van der Waals surface area contributed by atoms with E-state index in [1.54, 1.807) is 6.07 Å². The maximum atomic E-state index is 11.5. The Morgan fingerprint density at radius 3 is 2.44 bits per heavy atom. The van der Waals surface area contributed by atoms with Crippen molar-refractivity contribution in [3.05, 3.63) is 33.8 Å². The Morgan fingerprint density at radius 2 is 1.89 bits per heavy atom. The van der Waals surface area contributed by atoms with E-state index in [0.29, 0.717) is 23.1 Å². The molecular formula is C13H18Cl2N2O. The van der Waals surface area contributed by atoms with Crippen molar-refractivity contribution in [3.8, 4) is 0 Å². The molecule has 100 valence electrons. The third-order valence-electron chi connectivity index (χ3n) is 2.36. The van der Waals surface area contributed by atoms with Crippen LogP contribution in [0.1, 0.15) is 18.9 Å². The number of benzene rings is 1. The van der Waals surface area contributed by atoms with Crippen LogP contribution in [-0.2, 0) is 11.3 Å². The van der Waals surface area contributed by atoms with Gasteiger partial charge in [0, 0.05) is 23.1 Å². The van der Waals surface area contributed by atoms with E-state index in [1.165, 1.54) is 0 Å². The van der Waals surface area contributed by atoms with Crippen LogP contribution in [-0.4, -0.2) is 30.9 Å². The maximum Gasteiger partial charge on any atom is 0.234 e. The van der Waals surface area contributed by atoms with Crippen LogP contribution in [0.15, 0.2) is 18.2 Å². The molecule has 0 aliphatic rings. The van der Waals surface area contributed by atoms with E-state index in [1.807, 2.05) is 31.0 Å². The van der Waals surface area contributed by atoms with Crippen molar-refractivity contribution >= 4 is 29.1 Å². The monoisotopic (exact) mass is 288 g/mol. The average Bonchev–Trinajstić information content (AvgIpc) is 2.24. The van der Waals surface area contributed by atoms with Gasteiger partial charge in [-0.15, -0.1) is 0 Å². The van der Waals surface area contributed by atoms with Gasteiger partial charge in [0.25, 0.3) is 0 Å². The van der Waals surface area contributed by atoms with Gasteiger partial charge in [0.15, 0.2) is 0 Å². The fourth-order valence-corrected chi connectivity index (χ4v) is 2.21. The first kappa shape index (κ1) is 15.3. The molecular weight excluding hydrogens is 271 g/mol. The zero-order valence-electron chi connectivity index (χ0n) is 10.7. The van der Waals surface area contributed by atoms with Crippen LogP contribution in [0.4, 0.5) is 0 Å². The number of likely N-dealkylation sites (N-methyl/N-ethyl adjacent to an activating group) is 1. The largest absolute Gasteiger partial charge is 0.355 e. The summed E-state index contributed by atoms with van der Waals surface area (Å²) >= 11 is 11.9. The van der Waals surface area contributed by atoms with Gasteiger partial charge in [-0.05, 0) is 37.2 Å². The third-order valence-corrected chi connectivity index (χ3v) is 2.80. The average molecular weight is 289 g/mol. The molecule has 0 heterocycles. The summed E-state index contributed by atoms with van der Waals surface area (Å²) in [6.07, 6.45) is 0.944. The number of nitrogens with one attached hydrogen (secondary N) is 1. The maximum absolute atomic E-state index is 11.5. The number of nitrogens with zero attached hydrogens (tertiary/aromatic N) is 1. The molecule has 3 nitrogen and oxygen atoms in total. The van der Waals surface area contributed by atoms with Crippen LogP contribution in [0.5, 0.6) is 0 Å². The van der Waals surface area contributed by atoms with Crippen molar-refractivity contribution in [2.24, 2.45) is 0 Å². The molecule has 1 aromatic carbocycles. The van der Waals surface area contributed by atoms with Crippen molar-refractivity contribution < 1.29 is 4.79 Å². The summed E-state index contributed by atoms with van der Waals surface area (Å²) in [6.45, 7) is 3.75. The molecule has 0 radical (unpaired) electrons. The summed E-state index contributed by atoms with van der Waals surface area (Å²) in [5, 5.41) is 4.06. The lowest BCUT2D eigenvalue weighted by Gasteiger charge is -2.16. The van der Waals surface area contributed by atoms with Gasteiger partial charge in [-0.1, -0.05) is 30.1 Å². The number of carbonyl (C=O) groups is 1. The molecule has 1 aromatic rings. The molecule has 0 bridgehead atoms. The molecule has 0 aliphatic heterocycles. The Labute approximate surface area is 118 Å². The molecule has 0 spiro atoms. The van der Waals surface area contributed by atoms with Crippen LogP contribution in [0.2, 0.25) is 10.0 Å². The van der Waals surface area contributed by atoms with Crippen LogP contribution in [0.3, 0.4) is 0 Å². The van der Waals surface area contributed by atoms with Crippen molar-refractivity contribution in [3.63, 3.8) is 0 Å². The van der Waals surface area contributed by atoms with Crippen LogP contribution in [0, 0.1) is 0 Å². The van der Waals surface area contributed by atoms with Gasteiger partial charge in [0.1, 0.15) is 0 Å². The van der Waals surface area contributed by atoms with Crippen LogP contribution >= 0.6 is 23.2 Å². The van der Waals surface area contributed by atoms with Gasteiger partial charge in [-0.3, -0.25) is 9.69 Å². The van der Waals surface area contributed by atoms with Gasteiger partial charge >= 0.3 is 0 Å². The normalized spacial score (nSPS) is 10.7. The summed E-state index contributed by atoms with van der Waals surface area (Å²) in [4.78, 5) is 13.5. The standard InChI is InChI=1S/C13H18Cl2N2O/c1-3-4-16-13(18)9-17(2)8-10-5-11(14)7-12(15)6-10/h5-7H,3-4,8-9H2,1-2H3,(H,16,18). The van der Waals surface area contributed by atoms with Gasteiger partial charge in [-0.25, -0.2) is 0 Å². The van der Waals surface area contributed by atoms with Gasteiger partial charge in [-0.2, -0.15) is 0 Å². The fourth-order valence-electron chi connectivity index (χ4n) is 1.64. The highest BCUT2D eigenvalue weighted by molar-refractivity contribution is 6.34. The SMILES string of the molecule is CCCNC(=O)CN(C)Cc1cc(Cl)cc(Cl)c1. The molecule has 1 N–H and O–H groups in total. The smallest absolute Gasteiger partial charge is 0.234 e. The molecule has 0 unspecified atom stereocenters. The van der Waals surface area contributed by atoms with E-state index < -0.39 is 0 Å². The molecule has 0 saturated heterocycles. The van der Waals surface area contributed by atoms with Crippen LogP contribution in [0.25, 0.3) is 0 Å². The van der Waals surface area contributed by atoms with E-state index in [2.05, 4.69) is 5.32 Å². The van der Waals surface area contributed by atoms with Gasteiger partial charge < -0.3 is 5.32 Å². The molecule has 5 heteroatoms. The Hall–Kier alpha value is -0.770. The predicted molar refractivity (Wildman–Crippen MR) is 76.1 cm³/mol. The number of hydrogen-bond acceptors (Lipinski definition) is 2. The van der Waals surface area contributed by atoms with Crippen molar-refractivity contribution in [1.82, 2.24) is 10.2 Å². The lowest BCUT2D eigenvalue weighted by molar-refractivity contribution is -0.122. The third kappa shape index (κ3) is 5.71. The summed E-state index contributed by atoms with van der Waals surface area (Å²) in [5.41, 5.74) is 0.998. The van der Waals surface area contributed by atoms with E-state index in [9.17, 15) is 4.79 Å². The lowest BCUT2D eigenvalue weighted by Crippen LogP contribution is -2.35. The Balaban J connectivity index is 2.48. The van der Waals surface area contributed by atoms with E-state index in [0.717, 1.165) is 18.5 Å². The van der Waals surface area contributed by atoms with Crippen molar-refractivity contribution in [2.45, 2.75) is 19.9 Å². The van der Waals surface area contributed by atoms with E-state index >= 15 is 0 Å². The second-order valence-electron chi connectivity index (χ2n) is 4.30. The number of carbonyl (C=O) groups excluding carboxylic acids is 1. The van der Waals surface area contributed by atoms with E-state index in [4.69, 9.17) is 23.2 Å². The number of hydrogen-bond donors (Lipinski definition) is 1. The molecule has 18 heavy (non-hydrogen) atoms. The Morgan fingerprint density at radius 1 is 1.28 bits per heavy atom. The van der Waals surface area contributed by atoms with Gasteiger partial charge in [0.05, 0.1) is 6.54 Å². The quantitative estimate of drug-likeness (QED) is 0.873. The molecule has 0 aliphatic carbocycles. The molecule has 0 saturated carbocycles. The molecule has 0 fully saturated rings. The number of rotatable bonds is 6.